The first-order valence-electron chi connectivity index (χ1n) is 6.95. The lowest BCUT2D eigenvalue weighted by Gasteiger charge is -2.31. The number of anilines is 1. The first-order valence-corrected chi connectivity index (χ1v) is 7.33. The number of aliphatic hydroxyl groups is 1. The van der Waals surface area contributed by atoms with E-state index in [0.29, 0.717) is 10.9 Å². The summed E-state index contributed by atoms with van der Waals surface area (Å²) in [7, 11) is 0. The van der Waals surface area contributed by atoms with E-state index in [2.05, 4.69) is 15.2 Å². The van der Waals surface area contributed by atoms with Crippen molar-refractivity contribution in [2.45, 2.75) is 26.3 Å². The second-order valence-corrected chi connectivity index (χ2v) is 5.49. The van der Waals surface area contributed by atoms with Crippen molar-refractivity contribution in [1.82, 2.24) is 9.88 Å². The number of piperidine rings is 1. The third-order valence-corrected chi connectivity index (χ3v) is 3.86. The van der Waals surface area contributed by atoms with Gasteiger partial charge in [0.1, 0.15) is 5.82 Å². The van der Waals surface area contributed by atoms with Crippen LogP contribution in [0.2, 0.25) is 5.02 Å². The number of likely N-dealkylation sites (tertiary alicyclic amines) is 1. The highest BCUT2D eigenvalue weighted by molar-refractivity contribution is 6.31. The fourth-order valence-electron chi connectivity index (χ4n) is 2.53. The van der Waals surface area contributed by atoms with E-state index in [1.165, 1.54) is 0 Å². The number of aromatic nitrogens is 1. The summed E-state index contributed by atoms with van der Waals surface area (Å²) in [6.45, 7) is 5.92. The first-order chi connectivity index (χ1) is 9.22. The molecule has 5 heteroatoms. The lowest BCUT2D eigenvalue weighted by molar-refractivity contribution is 0.115. The smallest absolute Gasteiger partial charge is 0.126 e. The molecule has 0 aliphatic carbocycles. The predicted octanol–water partition coefficient (Wildman–Crippen LogP) is 2.37. The van der Waals surface area contributed by atoms with Crippen LogP contribution in [0.1, 0.15) is 25.5 Å². The van der Waals surface area contributed by atoms with E-state index in [1.807, 2.05) is 19.1 Å². The van der Waals surface area contributed by atoms with Crippen LogP contribution in [0.4, 0.5) is 5.82 Å². The minimum Gasteiger partial charge on any atom is -0.396 e. The van der Waals surface area contributed by atoms with Gasteiger partial charge in [0.2, 0.25) is 0 Å². The van der Waals surface area contributed by atoms with Gasteiger partial charge in [0.15, 0.2) is 0 Å². The molecule has 1 fully saturated rings. The molecule has 19 heavy (non-hydrogen) atoms. The highest BCUT2D eigenvalue weighted by Gasteiger charge is 2.20. The topological polar surface area (TPSA) is 48.4 Å². The fourth-order valence-corrected chi connectivity index (χ4v) is 2.70. The number of halogens is 1. The molecule has 0 saturated carbocycles. The van der Waals surface area contributed by atoms with Crippen LogP contribution in [-0.4, -0.2) is 41.2 Å². The summed E-state index contributed by atoms with van der Waals surface area (Å²) in [5.74, 6) is 1.27. The third kappa shape index (κ3) is 4.06. The van der Waals surface area contributed by atoms with E-state index in [-0.39, 0.29) is 6.61 Å². The maximum atomic E-state index is 9.27. The van der Waals surface area contributed by atoms with Crippen LogP contribution in [-0.2, 0) is 6.54 Å². The van der Waals surface area contributed by atoms with Gasteiger partial charge in [-0.2, -0.15) is 0 Å². The monoisotopic (exact) mass is 283 g/mol. The van der Waals surface area contributed by atoms with Gasteiger partial charge in [-0.05, 0) is 44.4 Å². The summed E-state index contributed by atoms with van der Waals surface area (Å²) < 4.78 is 0. The Morgan fingerprint density at radius 1 is 1.53 bits per heavy atom. The summed E-state index contributed by atoms with van der Waals surface area (Å²) in [6, 6.07) is 3.80. The van der Waals surface area contributed by atoms with Gasteiger partial charge in [-0.25, -0.2) is 4.98 Å². The second kappa shape index (κ2) is 7.08. The average molecular weight is 284 g/mol. The van der Waals surface area contributed by atoms with Gasteiger partial charge in [-0.1, -0.05) is 11.6 Å². The summed E-state index contributed by atoms with van der Waals surface area (Å²) in [5.41, 5.74) is 0.915. The van der Waals surface area contributed by atoms with Gasteiger partial charge >= 0.3 is 0 Å². The molecule has 1 aliphatic heterocycles. The largest absolute Gasteiger partial charge is 0.396 e. The maximum absolute atomic E-state index is 9.27. The fraction of sp³-hybridized carbons (Fsp3) is 0.643. The third-order valence-electron chi connectivity index (χ3n) is 3.51. The Bertz CT molecular complexity index is 414. The Hall–Kier alpha value is -0.840. The predicted molar refractivity (Wildman–Crippen MR) is 78.5 cm³/mol. The standard InChI is InChI=1S/C14H22ClN3O/c1-2-16-14-6-5-12(15)13(17-14)9-18-7-3-4-11(8-18)10-19/h5-6,11,19H,2-4,7-10H2,1H3,(H,16,17). The van der Waals surface area contributed by atoms with Gasteiger partial charge in [0.25, 0.3) is 0 Å². The van der Waals surface area contributed by atoms with Crippen LogP contribution in [0.3, 0.4) is 0 Å². The number of pyridine rings is 1. The Kier molecular flexibility index (Phi) is 5.43. The number of rotatable bonds is 5. The van der Waals surface area contributed by atoms with E-state index in [0.717, 1.165) is 50.5 Å². The van der Waals surface area contributed by atoms with Crippen molar-refractivity contribution >= 4 is 17.4 Å². The summed E-state index contributed by atoms with van der Waals surface area (Å²) in [5, 5.41) is 13.2. The van der Waals surface area contributed by atoms with Crippen molar-refractivity contribution in [3.63, 3.8) is 0 Å². The minimum absolute atomic E-state index is 0.273. The van der Waals surface area contributed by atoms with Crippen LogP contribution in [0.25, 0.3) is 0 Å². The molecule has 0 bridgehead atoms. The average Bonchev–Trinajstić information content (AvgIpc) is 2.43. The highest BCUT2D eigenvalue weighted by atomic mass is 35.5. The van der Waals surface area contributed by atoms with E-state index < -0.39 is 0 Å². The summed E-state index contributed by atoms with van der Waals surface area (Å²) in [4.78, 5) is 6.89. The molecule has 0 amide bonds. The zero-order valence-corrected chi connectivity index (χ0v) is 12.2. The maximum Gasteiger partial charge on any atom is 0.126 e. The van der Waals surface area contributed by atoms with Crippen LogP contribution in [0.15, 0.2) is 12.1 Å². The highest BCUT2D eigenvalue weighted by Crippen LogP contribution is 2.22. The van der Waals surface area contributed by atoms with Crippen molar-refractivity contribution in [2.24, 2.45) is 5.92 Å². The lowest BCUT2D eigenvalue weighted by atomic mass is 9.99. The summed E-state index contributed by atoms with van der Waals surface area (Å²) in [6.07, 6.45) is 2.25. The first kappa shape index (κ1) is 14.6. The molecule has 1 unspecified atom stereocenters. The van der Waals surface area contributed by atoms with Crippen LogP contribution >= 0.6 is 11.6 Å². The van der Waals surface area contributed by atoms with Gasteiger partial charge in [-0.3, -0.25) is 4.90 Å². The van der Waals surface area contributed by atoms with Crippen molar-refractivity contribution in [2.75, 3.05) is 31.6 Å². The Morgan fingerprint density at radius 2 is 2.37 bits per heavy atom. The number of hydrogen-bond acceptors (Lipinski definition) is 4. The number of nitrogens with zero attached hydrogens (tertiary/aromatic N) is 2. The molecule has 1 saturated heterocycles. The number of aliphatic hydroxyl groups excluding tert-OH is 1. The van der Waals surface area contributed by atoms with E-state index in [1.54, 1.807) is 0 Å². The van der Waals surface area contributed by atoms with E-state index >= 15 is 0 Å². The molecular weight excluding hydrogens is 262 g/mol. The van der Waals surface area contributed by atoms with E-state index in [9.17, 15) is 5.11 Å². The van der Waals surface area contributed by atoms with Crippen LogP contribution in [0.5, 0.6) is 0 Å². The van der Waals surface area contributed by atoms with Gasteiger partial charge in [-0.15, -0.1) is 0 Å². The van der Waals surface area contributed by atoms with Gasteiger partial charge in [0, 0.05) is 26.2 Å². The quantitative estimate of drug-likeness (QED) is 0.871. The Morgan fingerprint density at radius 3 is 3.11 bits per heavy atom. The minimum atomic E-state index is 0.273. The molecule has 0 radical (unpaired) electrons. The molecule has 4 nitrogen and oxygen atoms in total. The molecule has 1 aliphatic rings. The molecule has 1 atom stereocenters. The molecule has 2 rings (SSSR count). The molecule has 0 spiro atoms. The molecule has 1 aromatic rings. The normalized spacial score (nSPS) is 20.5. The SMILES string of the molecule is CCNc1ccc(Cl)c(CN2CCCC(CO)C2)n1. The molecule has 106 valence electrons. The molecule has 2 heterocycles. The zero-order chi connectivity index (χ0) is 13.7. The Balaban J connectivity index is 2.03. The van der Waals surface area contributed by atoms with Gasteiger partial charge < -0.3 is 10.4 Å². The van der Waals surface area contributed by atoms with Crippen LogP contribution in [0, 0.1) is 5.92 Å². The van der Waals surface area contributed by atoms with E-state index in [4.69, 9.17) is 11.6 Å². The number of hydrogen-bond donors (Lipinski definition) is 2. The van der Waals surface area contributed by atoms with Crippen molar-refractivity contribution < 1.29 is 5.11 Å². The molecular formula is C14H22ClN3O. The molecule has 0 aromatic carbocycles. The van der Waals surface area contributed by atoms with Gasteiger partial charge in [0.05, 0.1) is 10.7 Å². The second-order valence-electron chi connectivity index (χ2n) is 5.08. The van der Waals surface area contributed by atoms with Crippen molar-refractivity contribution in [3.05, 3.63) is 22.8 Å². The summed E-state index contributed by atoms with van der Waals surface area (Å²) >= 11 is 6.22. The number of nitrogens with one attached hydrogen (secondary N) is 1. The lowest BCUT2D eigenvalue weighted by Crippen LogP contribution is -2.36. The Labute approximate surface area is 119 Å². The molecule has 1 aromatic heterocycles. The van der Waals surface area contributed by atoms with Crippen molar-refractivity contribution in [1.29, 1.82) is 0 Å². The van der Waals surface area contributed by atoms with Crippen molar-refractivity contribution in [3.8, 4) is 0 Å². The molecule has 2 N–H and O–H groups in total. The zero-order valence-electron chi connectivity index (χ0n) is 11.4. The van der Waals surface area contributed by atoms with Crippen LogP contribution < -0.4 is 5.32 Å².